The van der Waals surface area contributed by atoms with Crippen LogP contribution in [-0.4, -0.2) is 48.0 Å². The molecule has 2 saturated carbocycles. The van der Waals surface area contributed by atoms with Crippen LogP contribution in [0.1, 0.15) is 36.9 Å². The maximum Gasteiger partial charge on any atom is 0.142 e. The Morgan fingerprint density at radius 2 is 1.74 bits per heavy atom. The number of hydrogen-bond acceptors (Lipinski definition) is 5. The van der Waals surface area contributed by atoms with E-state index in [4.69, 9.17) is 10.1 Å². The third-order valence-corrected chi connectivity index (χ3v) is 7.22. The number of fused-ring (bicyclic) bond motifs is 1. The molecule has 31 heavy (non-hydrogen) atoms. The zero-order valence-corrected chi connectivity index (χ0v) is 20.2. The van der Waals surface area contributed by atoms with Crippen LogP contribution in [-0.2, 0) is 0 Å². The monoisotopic (exact) mass is 435 g/mol. The second kappa shape index (κ2) is 8.05. The summed E-state index contributed by atoms with van der Waals surface area (Å²) in [5, 5.41) is 6.26. The molecular formula is C25H33N5S. The van der Waals surface area contributed by atoms with Gasteiger partial charge in [-0.2, -0.15) is 5.10 Å². The fourth-order valence-corrected chi connectivity index (χ4v) is 5.16. The summed E-state index contributed by atoms with van der Waals surface area (Å²) >= 11 is 1.77. The quantitative estimate of drug-likeness (QED) is 0.441. The van der Waals surface area contributed by atoms with Gasteiger partial charge >= 0.3 is 0 Å². The first-order valence-corrected chi connectivity index (χ1v) is 12.7. The lowest BCUT2D eigenvalue weighted by Gasteiger charge is -2.25. The number of rotatable bonds is 8. The van der Waals surface area contributed by atoms with E-state index < -0.39 is 0 Å². The van der Waals surface area contributed by atoms with E-state index in [1.165, 1.54) is 61.1 Å². The fourth-order valence-electron chi connectivity index (χ4n) is 4.57. The number of aryl methyl sites for hydroxylation is 2. The minimum Gasteiger partial charge on any atom is -0.367 e. The lowest BCUT2D eigenvalue weighted by Crippen LogP contribution is -2.28. The molecule has 164 valence electrons. The molecule has 0 amide bonds. The van der Waals surface area contributed by atoms with Gasteiger partial charge < -0.3 is 9.80 Å². The van der Waals surface area contributed by atoms with E-state index in [1.807, 2.05) is 14.1 Å². The number of hydrogen-bond donors (Lipinski definition) is 0. The van der Waals surface area contributed by atoms with Crippen molar-refractivity contribution < 1.29 is 0 Å². The Kier molecular flexibility index (Phi) is 5.37. The molecule has 3 aromatic rings. The minimum absolute atomic E-state index is 0.860. The second-order valence-electron chi connectivity index (χ2n) is 9.51. The summed E-state index contributed by atoms with van der Waals surface area (Å²) in [6, 6.07) is 8.79. The number of pyridine rings is 2. The van der Waals surface area contributed by atoms with Gasteiger partial charge in [0.2, 0.25) is 0 Å². The summed E-state index contributed by atoms with van der Waals surface area (Å²) in [6.45, 7) is 6.64. The van der Waals surface area contributed by atoms with E-state index in [1.54, 1.807) is 11.8 Å². The van der Waals surface area contributed by atoms with Gasteiger partial charge in [0.1, 0.15) is 10.8 Å². The van der Waals surface area contributed by atoms with Crippen molar-refractivity contribution in [1.82, 2.24) is 14.6 Å². The van der Waals surface area contributed by atoms with Gasteiger partial charge in [0.25, 0.3) is 0 Å². The minimum atomic E-state index is 0.860. The molecule has 2 aliphatic carbocycles. The molecule has 0 unspecified atom stereocenters. The third kappa shape index (κ3) is 4.02. The SMILES string of the molecule is CSc1nn2c(-c3c(C)cc(N(C)C)nc3C)cccc2c1N(CC1CC1)CC1CC1. The molecule has 2 fully saturated rings. The van der Waals surface area contributed by atoms with Crippen molar-refractivity contribution in [3.63, 3.8) is 0 Å². The van der Waals surface area contributed by atoms with E-state index in [0.717, 1.165) is 34.1 Å². The maximum absolute atomic E-state index is 5.12. The van der Waals surface area contributed by atoms with Crippen molar-refractivity contribution >= 4 is 28.8 Å². The second-order valence-corrected chi connectivity index (χ2v) is 10.3. The van der Waals surface area contributed by atoms with Crippen LogP contribution in [0.4, 0.5) is 11.5 Å². The molecule has 3 heterocycles. The first-order chi connectivity index (χ1) is 15.0. The van der Waals surface area contributed by atoms with Crippen molar-refractivity contribution in [2.75, 3.05) is 43.2 Å². The zero-order valence-electron chi connectivity index (χ0n) is 19.4. The van der Waals surface area contributed by atoms with Gasteiger partial charge in [0.05, 0.1) is 16.9 Å². The Morgan fingerprint density at radius 3 is 2.29 bits per heavy atom. The average molecular weight is 436 g/mol. The Balaban J connectivity index is 1.65. The molecule has 2 aliphatic rings. The molecule has 5 nitrogen and oxygen atoms in total. The molecule has 5 rings (SSSR count). The topological polar surface area (TPSA) is 36.7 Å². The van der Waals surface area contributed by atoms with E-state index >= 15 is 0 Å². The molecule has 0 aliphatic heterocycles. The van der Waals surface area contributed by atoms with Gasteiger partial charge in [0.15, 0.2) is 0 Å². The predicted molar refractivity (Wildman–Crippen MR) is 132 cm³/mol. The highest BCUT2D eigenvalue weighted by atomic mass is 32.2. The Bertz CT molecular complexity index is 1070. The van der Waals surface area contributed by atoms with Gasteiger partial charge in [-0.05, 0) is 81.4 Å². The molecule has 0 spiro atoms. The highest BCUT2D eigenvalue weighted by Crippen LogP contribution is 2.41. The molecule has 0 saturated heterocycles. The van der Waals surface area contributed by atoms with Crippen LogP contribution >= 0.6 is 11.8 Å². The molecule has 3 aromatic heterocycles. The van der Waals surface area contributed by atoms with Crippen LogP contribution in [0.2, 0.25) is 0 Å². The van der Waals surface area contributed by atoms with Crippen molar-refractivity contribution in [2.24, 2.45) is 11.8 Å². The molecule has 0 atom stereocenters. The molecule has 0 bridgehead atoms. The largest absolute Gasteiger partial charge is 0.367 e. The number of thioether (sulfide) groups is 1. The maximum atomic E-state index is 5.12. The summed E-state index contributed by atoms with van der Waals surface area (Å²) in [4.78, 5) is 9.58. The van der Waals surface area contributed by atoms with Crippen LogP contribution < -0.4 is 9.80 Å². The molecular weight excluding hydrogens is 402 g/mol. The summed E-state index contributed by atoms with van der Waals surface area (Å²) in [6.07, 6.45) is 7.66. The number of aromatic nitrogens is 3. The van der Waals surface area contributed by atoms with Crippen molar-refractivity contribution in [3.05, 3.63) is 35.5 Å². The van der Waals surface area contributed by atoms with E-state index in [0.29, 0.717) is 0 Å². The summed E-state index contributed by atoms with van der Waals surface area (Å²) < 4.78 is 2.17. The van der Waals surface area contributed by atoms with E-state index in [2.05, 4.69) is 58.7 Å². The zero-order chi connectivity index (χ0) is 21.7. The van der Waals surface area contributed by atoms with Gasteiger partial charge in [-0.25, -0.2) is 9.50 Å². The first kappa shape index (κ1) is 20.7. The van der Waals surface area contributed by atoms with Crippen molar-refractivity contribution in [3.8, 4) is 11.3 Å². The van der Waals surface area contributed by atoms with Gasteiger partial charge in [-0.3, -0.25) is 0 Å². The summed E-state index contributed by atoms with van der Waals surface area (Å²) in [5.74, 6) is 2.72. The molecule has 6 heteroatoms. The van der Waals surface area contributed by atoms with Crippen molar-refractivity contribution in [2.45, 2.75) is 44.6 Å². The first-order valence-electron chi connectivity index (χ1n) is 11.4. The third-order valence-electron chi connectivity index (χ3n) is 6.56. The van der Waals surface area contributed by atoms with Gasteiger partial charge in [0, 0.05) is 38.4 Å². The van der Waals surface area contributed by atoms with Crippen LogP contribution in [0.15, 0.2) is 29.3 Å². The predicted octanol–water partition coefficient (Wildman–Crippen LogP) is 5.43. The lowest BCUT2D eigenvalue weighted by molar-refractivity contribution is 0.676. The normalized spacial score (nSPS) is 16.2. The molecule has 0 aromatic carbocycles. The Hall–Kier alpha value is -2.21. The van der Waals surface area contributed by atoms with Gasteiger partial charge in [-0.1, -0.05) is 6.07 Å². The standard InChI is InChI=1S/C25H33N5S/c1-16-13-22(28(3)4)26-17(2)23(16)20-7-6-8-21-24(25(31-5)27-30(20)21)29(14-18-9-10-18)15-19-11-12-19/h6-8,13,18-19H,9-12,14-15H2,1-5H3. The molecule has 0 radical (unpaired) electrons. The fraction of sp³-hybridized carbons (Fsp3) is 0.520. The number of nitrogens with zero attached hydrogens (tertiary/aromatic N) is 5. The highest BCUT2D eigenvalue weighted by Gasteiger charge is 2.32. The Labute approximate surface area is 189 Å². The summed E-state index contributed by atoms with van der Waals surface area (Å²) in [5.41, 5.74) is 7.16. The van der Waals surface area contributed by atoms with E-state index in [9.17, 15) is 0 Å². The Morgan fingerprint density at radius 1 is 1.06 bits per heavy atom. The van der Waals surface area contributed by atoms with Crippen LogP contribution in [0.3, 0.4) is 0 Å². The average Bonchev–Trinajstić information content (AvgIpc) is 3.66. The smallest absolute Gasteiger partial charge is 0.142 e. The molecule has 0 N–H and O–H groups in total. The highest BCUT2D eigenvalue weighted by molar-refractivity contribution is 7.98. The van der Waals surface area contributed by atoms with Crippen molar-refractivity contribution in [1.29, 1.82) is 0 Å². The summed E-state index contributed by atoms with van der Waals surface area (Å²) in [7, 11) is 4.08. The van der Waals surface area contributed by atoms with E-state index in [-0.39, 0.29) is 0 Å². The van der Waals surface area contributed by atoms with Crippen LogP contribution in [0.25, 0.3) is 16.8 Å². The number of anilines is 2. The van der Waals surface area contributed by atoms with Gasteiger partial charge in [-0.15, -0.1) is 11.8 Å². The van der Waals surface area contributed by atoms with Crippen LogP contribution in [0, 0.1) is 25.7 Å². The lowest BCUT2D eigenvalue weighted by atomic mass is 10.0. The van der Waals surface area contributed by atoms with Crippen LogP contribution in [0.5, 0.6) is 0 Å².